The van der Waals surface area contributed by atoms with E-state index in [1.165, 1.54) is 26.8 Å². The van der Waals surface area contributed by atoms with E-state index in [-0.39, 0.29) is 25.4 Å². The van der Waals surface area contributed by atoms with Crippen LogP contribution < -0.4 is 37.6 Å². The summed E-state index contributed by atoms with van der Waals surface area (Å²) in [6.07, 6.45) is 2.47. The lowest BCUT2D eigenvalue weighted by atomic mass is 9.96. The van der Waals surface area contributed by atoms with Crippen LogP contribution in [0, 0.1) is 5.92 Å². The third-order valence-corrected chi connectivity index (χ3v) is 7.77. The van der Waals surface area contributed by atoms with Crippen LogP contribution in [0.15, 0.2) is 12.7 Å². The molecule has 0 saturated heterocycles. The van der Waals surface area contributed by atoms with Gasteiger partial charge in [-0.05, 0) is 46.0 Å². The minimum absolute atomic E-state index is 0.0720. The van der Waals surface area contributed by atoms with Crippen molar-refractivity contribution in [3.63, 3.8) is 0 Å². The van der Waals surface area contributed by atoms with Crippen molar-refractivity contribution in [1.29, 1.82) is 0 Å². The Bertz CT molecular complexity index is 1280. The Hall–Kier alpha value is -4.91. The molecule has 1 aliphatic rings. The number of carbonyl (C=O) groups excluding carboxylic acids is 9. The van der Waals surface area contributed by atoms with Crippen molar-refractivity contribution in [2.45, 2.75) is 109 Å². The third kappa shape index (κ3) is 14.3. The van der Waals surface area contributed by atoms with Crippen molar-refractivity contribution in [2.75, 3.05) is 13.2 Å². The van der Waals surface area contributed by atoms with Crippen LogP contribution >= 0.6 is 0 Å². The van der Waals surface area contributed by atoms with Gasteiger partial charge in [-0.1, -0.05) is 25.5 Å². The molecule has 0 bridgehead atoms. The number of rotatable bonds is 21. The number of hydrogen-bond acceptors (Lipinski definition) is 12. The number of aliphatic hydroxyl groups excluding tert-OH is 2. The maximum absolute atomic E-state index is 13.0. The van der Waals surface area contributed by atoms with E-state index in [1.54, 1.807) is 0 Å². The zero-order valence-electron chi connectivity index (χ0n) is 28.6. The van der Waals surface area contributed by atoms with Crippen molar-refractivity contribution < 1.29 is 58.1 Å². The number of aliphatic hydroxyl groups is 2. The van der Waals surface area contributed by atoms with Crippen LogP contribution in [0.5, 0.6) is 0 Å². The molecule has 0 aliphatic heterocycles. The Morgan fingerprint density at radius 1 is 0.820 bits per heavy atom. The van der Waals surface area contributed by atoms with Gasteiger partial charge in [0.05, 0.1) is 18.8 Å². The topological polar surface area (TPSA) is 302 Å². The van der Waals surface area contributed by atoms with Gasteiger partial charge in [-0.2, -0.15) is 0 Å². The summed E-state index contributed by atoms with van der Waals surface area (Å²) < 4.78 is 4.78. The van der Waals surface area contributed by atoms with Crippen molar-refractivity contribution in [3.8, 4) is 0 Å². The molecule has 19 heteroatoms. The van der Waals surface area contributed by atoms with Crippen LogP contribution in [0.4, 0.5) is 0 Å². The Balaban J connectivity index is 2.78. The van der Waals surface area contributed by atoms with Crippen molar-refractivity contribution >= 4 is 53.1 Å². The average Bonchev–Trinajstić information content (AvgIpc) is 3.59. The van der Waals surface area contributed by atoms with E-state index >= 15 is 0 Å². The molecule has 0 radical (unpaired) electrons. The Morgan fingerprint density at radius 2 is 1.42 bits per heavy atom. The summed E-state index contributed by atoms with van der Waals surface area (Å²) in [4.78, 5) is 112. The average molecular weight is 712 g/mol. The van der Waals surface area contributed by atoms with Crippen LogP contribution in [-0.2, 0) is 47.9 Å². The molecule has 10 N–H and O–H groups in total. The van der Waals surface area contributed by atoms with Crippen molar-refractivity contribution in [2.24, 2.45) is 11.7 Å². The molecular weight excluding hydrogens is 662 g/mol. The first-order valence-electron chi connectivity index (χ1n) is 16.1. The van der Waals surface area contributed by atoms with Crippen molar-refractivity contribution in [1.82, 2.24) is 31.9 Å². The molecule has 0 aromatic heterocycles. The molecule has 0 unspecified atom stereocenters. The van der Waals surface area contributed by atoms with Gasteiger partial charge in [-0.3, -0.25) is 43.2 Å². The highest BCUT2D eigenvalue weighted by Crippen LogP contribution is 2.28. The van der Waals surface area contributed by atoms with Crippen LogP contribution in [0.1, 0.15) is 66.2 Å². The first-order valence-corrected chi connectivity index (χ1v) is 16.1. The number of esters is 1. The van der Waals surface area contributed by atoms with Gasteiger partial charge in [0.25, 0.3) is 5.91 Å². The molecule has 7 amide bonds. The van der Waals surface area contributed by atoms with Gasteiger partial charge in [0.15, 0.2) is 0 Å². The summed E-state index contributed by atoms with van der Waals surface area (Å²) in [5, 5.41) is 33.6. The molecule has 0 aromatic carbocycles. The summed E-state index contributed by atoms with van der Waals surface area (Å²) in [5.74, 6) is -8.62. The number of amides is 7. The third-order valence-electron chi connectivity index (χ3n) is 7.77. The monoisotopic (exact) mass is 711 g/mol. The van der Waals surface area contributed by atoms with Gasteiger partial charge in [0.1, 0.15) is 36.8 Å². The van der Waals surface area contributed by atoms with E-state index in [1.807, 2.05) is 5.32 Å². The quantitative estimate of drug-likeness (QED) is 0.0314. The van der Waals surface area contributed by atoms with E-state index in [2.05, 4.69) is 33.2 Å². The van der Waals surface area contributed by atoms with Crippen LogP contribution in [0.3, 0.4) is 0 Å². The second-order valence-electron chi connectivity index (χ2n) is 12.0. The second kappa shape index (κ2) is 21.2. The molecule has 1 fully saturated rings. The minimum Gasteiger partial charge on any atom is -0.461 e. The summed E-state index contributed by atoms with van der Waals surface area (Å²) in [6, 6.07) is -8.39. The fourth-order valence-corrected chi connectivity index (χ4v) is 4.99. The highest BCUT2D eigenvalue weighted by molar-refractivity contribution is 6.38. The Kier molecular flexibility index (Phi) is 18.3. The number of primary amides is 1. The molecule has 0 spiro atoms. The smallest absolute Gasteiger partial charge is 0.306 e. The van der Waals surface area contributed by atoms with Gasteiger partial charge in [0, 0.05) is 13.3 Å². The summed E-state index contributed by atoms with van der Waals surface area (Å²) in [5.41, 5.74) is 5.27. The number of nitrogens with one attached hydrogen (secondary N) is 6. The number of nitrogens with two attached hydrogens (primary N) is 1. The van der Waals surface area contributed by atoms with Crippen LogP contribution in [0.2, 0.25) is 0 Å². The number of carbonyl (C=O) groups is 9. The molecular formula is C31H49N7O12. The molecule has 7 atom stereocenters. The van der Waals surface area contributed by atoms with E-state index in [4.69, 9.17) is 10.5 Å². The Morgan fingerprint density at radius 3 is 1.94 bits per heavy atom. The molecule has 1 saturated carbocycles. The molecule has 0 heterocycles. The van der Waals surface area contributed by atoms with Gasteiger partial charge >= 0.3 is 5.97 Å². The number of Topliss-reactive ketones (excluding diaryl/α,β-unsaturated/α-hetero) is 1. The fraction of sp³-hybridized carbons (Fsp3) is 0.645. The van der Waals surface area contributed by atoms with Gasteiger partial charge < -0.3 is 52.6 Å². The van der Waals surface area contributed by atoms with Crippen LogP contribution in [-0.4, -0.2) is 119 Å². The number of ketones is 1. The maximum Gasteiger partial charge on any atom is 0.306 e. The zero-order valence-corrected chi connectivity index (χ0v) is 28.6. The maximum atomic E-state index is 13.0. The van der Waals surface area contributed by atoms with Crippen molar-refractivity contribution in [3.05, 3.63) is 12.7 Å². The highest BCUT2D eigenvalue weighted by atomic mass is 16.5. The lowest BCUT2D eigenvalue weighted by molar-refractivity contribution is -0.143. The highest BCUT2D eigenvalue weighted by Gasteiger charge is 2.36. The first-order chi connectivity index (χ1) is 23.4. The molecule has 1 rings (SSSR count). The second-order valence-corrected chi connectivity index (χ2v) is 12.0. The molecule has 280 valence electrons. The molecule has 0 aromatic rings. The van der Waals surface area contributed by atoms with Gasteiger partial charge in [0.2, 0.25) is 41.2 Å². The minimum atomic E-state index is -1.73. The predicted octanol–water partition coefficient (Wildman–Crippen LogP) is -3.92. The summed E-state index contributed by atoms with van der Waals surface area (Å²) in [7, 11) is 0. The van der Waals surface area contributed by atoms with Crippen LogP contribution in [0.25, 0.3) is 0 Å². The predicted molar refractivity (Wildman–Crippen MR) is 174 cm³/mol. The van der Waals surface area contributed by atoms with E-state index in [9.17, 15) is 53.4 Å². The normalized spacial score (nSPS) is 16.8. The SMILES string of the molecule is C=CCOC(=O)CC[C@H](NC(=O)[C@H](CO)NC(=O)C(=O)[C@H](C)NC(=O)[C@H](C)NC(=O)[C@@H](NC(=O)[C@@H](NC(C)=O)C1CCCC1)[C@@H](C)O)C(N)=O. The summed E-state index contributed by atoms with van der Waals surface area (Å²) in [6.45, 7) is 7.19. The molecule has 19 nitrogen and oxygen atoms in total. The standard InChI is InChI=1S/C31H49N7O12/c1-6-13-50-22(42)12-11-20(26(32)44)36-28(46)21(14-39)37-31(49)25(43)15(2)33-27(45)16(3)34-29(47)23(17(4)40)38-30(48)24(35-18(5)41)19-9-7-8-10-19/h6,15-17,19-21,23-24,39-40H,1,7-14H2,2-5H3,(H2,32,44)(H,33,45)(H,34,47)(H,35,41)(H,36,46)(H,37,49)(H,38,48)/t15-,16-,17+,20-,21-,23-,24-/m0/s1. The molecule has 1 aliphatic carbocycles. The lowest BCUT2D eigenvalue weighted by Gasteiger charge is -2.28. The van der Waals surface area contributed by atoms with E-state index in [0.29, 0.717) is 12.8 Å². The lowest BCUT2D eigenvalue weighted by Crippen LogP contribution is -2.61. The largest absolute Gasteiger partial charge is 0.461 e. The molecule has 50 heavy (non-hydrogen) atoms. The van der Waals surface area contributed by atoms with Gasteiger partial charge in [-0.15, -0.1) is 0 Å². The Labute approximate surface area is 289 Å². The first kappa shape index (κ1) is 43.1. The van der Waals surface area contributed by atoms with Gasteiger partial charge in [-0.25, -0.2) is 0 Å². The van der Waals surface area contributed by atoms with E-state index < -0.39 is 102 Å². The van der Waals surface area contributed by atoms with E-state index in [0.717, 1.165) is 19.8 Å². The number of ether oxygens (including phenoxy) is 1. The zero-order chi connectivity index (χ0) is 38.1. The number of hydrogen-bond donors (Lipinski definition) is 9. The summed E-state index contributed by atoms with van der Waals surface area (Å²) >= 11 is 0. The fourth-order valence-electron chi connectivity index (χ4n) is 4.99.